The summed E-state index contributed by atoms with van der Waals surface area (Å²) in [6.45, 7) is -0.685. The maximum Gasteiger partial charge on any atom is 0.271 e. The molecule has 0 saturated heterocycles. The predicted molar refractivity (Wildman–Crippen MR) is 48.1 cm³/mol. The number of amides is 1. The Morgan fingerprint density at radius 1 is 1.64 bits per heavy atom. The van der Waals surface area contributed by atoms with Crippen molar-refractivity contribution in [1.29, 1.82) is 0 Å². The van der Waals surface area contributed by atoms with E-state index in [-0.39, 0.29) is 5.69 Å². The highest BCUT2D eigenvalue weighted by Gasteiger charge is 2.12. The van der Waals surface area contributed by atoms with Gasteiger partial charge in [0.25, 0.3) is 12.3 Å². The average Bonchev–Trinajstić information content (AvgIpc) is 2.15. The van der Waals surface area contributed by atoms with Crippen LogP contribution in [0.25, 0.3) is 0 Å². The van der Waals surface area contributed by atoms with Gasteiger partial charge in [0.1, 0.15) is 12.0 Å². The van der Waals surface area contributed by atoms with Crippen molar-refractivity contribution in [2.75, 3.05) is 6.54 Å². The van der Waals surface area contributed by atoms with E-state index in [2.05, 4.69) is 25.9 Å². The van der Waals surface area contributed by atoms with Crippen LogP contribution in [-0.2, 0) is 0 Å². The summed E-state index contributed by atoms with van der Waals surface area (Å²) in [5.74, 6) is -0.653. The molecule has 0 unspecified atom stereocenters. The predicted octanol–water partition coefficient (Wildman–Crippen LogP) is 1.23. The van der Waals surface area contributed by atoms with Crippen LogP contribution in [0.15, 0.2) is 17.0 Å². The minimum absolute atomic E-state index is 0.0423. The van der Waals surface area contributed by atoms with Crippen molar-refractivity contribution in [3.63, 3.8) is 0 Å². The molecule has 0 aromatic carbocycles. The third-order valence-electron chi connectivity index (χ3n) is 1.30. The number of nitrogens with zero attached hydrogens (tertiary/aromatic N) is 2. The Hall–Kier alpha value is -1.11. The molecule has 7 heteroatoms. The first-order valence-electron chi connectivity index (χ1n) is 3.63. The van der Waals surface area contributed by atoms with Gasteiger partial charge in [-0.15, -0.1) is 0 Å². The lowest BCUT2D eigenvalue weighted by Gasteiger charge is -2.04. The highest BCUT2D eigenvalue weighted by Crippen LogP contribution is 2.11. The van der Waals surface area contributed by atoms with Crippen molar-refractivity contribution in [2.45, 2.75) is 6.43 Å². The zero-order valence-corrected chi connectivity index (χ0v) is 8.46. The second kappa shape index (κ2) is 4.94. The molecule has 0 bridgehead atoms. The van der Waals surface area contributed by atoms with E-state index in [1.165, 1.54) is 12.5 Å². The Kier molecular flexibility index (Phi) is 3.87. The van der Waals surface area contributed by atoms with E-state index in [9.17, 15) is 13.6 Å². The molecule has 0 fully saturated rings. The number of hydrogen-bond donors (Lipinski definition) is 1. The standard InChI is InChI=1S/C7H6BrF2N3O/c8-4-1-11-3-13-6(4)7(14)12-2-5(9)10/h1,3,5H,2H2,(H,12,14). The number of alkyl halides is 2. The summed E-state index contributed by atoms with van der Waals surface area (Å²) < 4.78 is 23.9. The Morgan fingerprint density at radius 2 is 2.36 bits per heavy atom. The van der Waals surface area contributed by atoms with E-state index in [1.807, 2.05) is 5.32 Å². The molecule has 1 aromatic heterocycles. The van der Waals surface area contributed by atoms with Crippen LogP contribution in [0.5, 0.6) is 0 Å². The summed E-state index contributed by atoms with van der Waals surface area (Å²) in [5, 5.41) is 2.03. The van der Waals surface area contributed by atoms with E-state index >= 15 is 0 Å². The monoisotopic (exact) mass is 265 g/mol. The van der Waals surface area contributed by atoms with E-state index in [1.54, 1.807) is 0 Å². The molecule has 0 atom stereocenters. The third-order valence-corrected chi connectivity index (χ3v) is 1.88. The summed E-state index contributed by atoms with van der Waals surface area (Å²) in [5.41, 5.74) is 0.0423. The summed E-state index contributed by atoms with van der Waals surface area (Å²) in [4.78, 5) is 18.5. The normalized spacial score (nSPS) is 10.3. The molecule has 0 radical (unpaired) electrons. The Morgan fingerprint density at radius 3 is 2.93 bits per heavy atom. The smallest absolute Gasteiger partial charge is 0.271 e. The fourth-order valence-electron chi connectivity index (χ4n) is 0.733. The van der Waals surface area contributed by atoms with Gasteiger partial charge in [0.2, 0.25) is 0 Å². The van der Waals surface area contributed by atoms with Crippen LogP contribution in [0.3, 0.4) is 0 Å². The Balaban J connectivity index is 2.65. The van der Waals surface area contributed by atoms with Gasteiger partial charge in [0.15, 0.2) is 0 Å². The van der Waals surface area contributed by atoms with Gasteiger partial charge in [-0.1, -0.05) is 0 Å². The minimum Gasteiger partial charge on any atom is -0.345 e. The van der Waals surface area contributed by atoms with Crippen molar-refractivity contribution in [2.24, 2.45) is 0 Å². The van der Waals surface area contributed by atoms with Gasteiger partial charge >= 0.3 is 0 Å². The number of carbonyl (C=O) groups is 1. The van der Waals surface area contributed by atoms with E-state index in [0.717, 1.165) is 0 Å². The maximum atomic E-state index is 11.8. The second-order valence-electron chi connectivity index (χ2n) is 2.32. The lowest BCUT2D eigenvalue weighted by atomic mass is 10.4. The Bertz CT molecular complexity index is 334. The highest BCUT2D eigenvalue weighted by molar-refractivity contribution is 9.10. The first-order valence-corrected chi connectivity index (χ1v) is 4.42. The van der Waals surface area contributed by atoms with Gasteiger partial charge in [0.05, 0.1) is 11.0 Å². The average molecular weight is 266 g/mol. The SMILES string of the molecule is O=C(NCC(F)F)c1ncncc1Br. The summed E-state index contributed by atoms with van der Waals surface area (Å²) in [6, 6.07) is 0. The number of rotatable bonds is 3. The van der Waals surface area contributed by atoms with E-state index < -0.39 is 18.9 Å². The fourth-order valence-corrected chi connectivity index (χ4v) is 1.13. The van der Waals surface area contributed by atoms with Gasteiger partial charge in [-0.05, 0) is 15.9 Å². The molecular formula is C7H6BrF2N3O. The maximum absolute atomic E-state index is 11.8. The largest absolute Gasteiger partial charge is 0.345 e. The Labute approximate surface area is 86.9 Å². The van der Waals surface area contributed by atoms with Crippen molar-refractivity contribution in [1.82, 2.24) is 15.3 Å². The van der Waals surface area contributed by atoms with E-state index in [4.69, 9.17) is 0 Å². The van der Waals surface area contributed by atoms with Gasteiger partial charge in [0, 0.05) is 6.20 Å². The number of aromatic nitrogens is 2. The summed E-state index contributed by atoms with van der Waals surface area (Å²) >= 11 is 3.03. The molecule has 1 amide bonds. The topological polar surface area (TPSA) is 54.9 Å². The fraction of sp³-hybridized carbons (Fsp3) is 0.286. The first-order chi connectivity index (χ1) is 6.61. The molecule has 0 aliphatic heterocycles. The molecule has 4 nitrogen and oxygen atoms in total. The molecule has 1 heterocycles. The molecule has 0 aliphatic carbocycles. The van der Waals surface area contributed by atoms with Crippen LogP contribution in [0.4, 0.5) is 8.78 Å². The summed E-state index contributed by atoms with van der Waals surface area (Å²) in [7, 11) is 0. The van der Waals surface area contributed by atoms with E-state index in [0.29, 0.717) is 4.47 Å². The zero-order chi connectivity index (χ0) is 10.6. The molecule has 0 aliphatic rings. The molecule has 1 N–H and O–H groups in total. The van der Waals surface area contributed by atoms with Crippen molar-refractivity contribution >= 4 is 21.8 Å². The van der Waals surface area contributed by atoms with Crippen LogP contribution < -0.4 is 5.32 Å². The number of hydrogen-bond acceptors (Lipinski definition) is 3. The van der Waals surface area contributed by atoms with Crippen LogP contribution in [0.1, 0.15) is 10.5 Å². The number of halogens is 3. The van der Waals surface area contributed by atoms with Gasteiger partial charge in [-0.3, -0.25) is 4.79 Å². The third kappa shape index (κ3) is 2.99. The minimum atomic E-state index is -2.57. The van der Waals surface area contributed by atoms with Crippen molar-refractivity contribution < 1.29 is 13.6 Å². The van der Waals surface area contributed by atoms with Gasteiger partial charge in [-0.2, -0.15) is 0 Å². The van der Waals surface area contributed by atoms with Crippen LogP contribution in [-0.4, -0.2) is 28.8 Å². The van der Waals surface area contributed by atoms with Gasteiger partial charge in [-0.25, -0.2) is 18.7 Å². The lowest BCUT2D eigenvalue weighted by Crippen LogP contribution is -2.29. The molecule has 0 spiro atoms. The summed E-state index contributed by atoms with van der Waals surface area (Å²) in [6.07, 6.45) is -0.0358. The zero-order valence-electron chi connectivity index (χ0n) is 6.88. The highest BCUT2D eigenvalue weighted by atomic mass is 79.9. The van der Waals surface area contributed by atoms with Crippen LogP contribution >= 0.6 is 15.9 Å². The lowest BCUT2D eigenvalue weighted by molar-refractivity contribution is 0.0886. The molecule has 0 saturated carbocycles. The number of nitrogens with one attached hydrogen (secondary N) is 1. The quantitative estimate of drug-likeness (QED) is 0.895. The molecule has 1 rings (SSSR count). The second-order valence-corrected chi connectivity index (χ2v) is 3.17. The molecule has 14 heavy (non-hydrogen) atoms. The number of carbonyl (C=O) groups excluding carboxylic acids is 1. The van der Waals surface area contributed by atoms with Crippen molar-refractivity contribution in [3.05, 3.63) is 22.7 Å². The molecule has 76 valence electrons. The van der Waals surface area contributed by atoms with Crippen LogP contribution in [0, 0.1) is 0 Å². The van der Waals surface area contributed by atoms with Crippen LogP contribution in [0.2, 0.25) is 0 Å². The first kappa shape index (κ1) is 11.0. The van der Waals surface area contributed by atoms with Crippen molar-refractivity contribution in [3.8, 4) is 0 Å². The molecule has 1 aromatic rings. The molecular weight excluding hydrogens is 260 g/mol. The van der Waals surface area contributed by atoms with Gasteiger partial charge < -0.3 is 5.32 Å².